The van der Waals surface area contributed by atoms with Crippen molar-refractivity contribution in [2.75, 3.05) is 18.4 Å². The Morgan fingerprint density at radius 1 is 1.26 bits per heavy atom. The normalized spacial score (nSPS) is 11.2. The number of nitrogens with one attached hydrogen (secondary N) is 1. The van der Waals surface area contributed by atoms with Gasteiger partial charge < -0.3 is 10.2 Å². The van der Waals surface area contributed by atoms with E-state index in [1.54, 1.807) is 6.92 Å². The van der Waals surface area contributed by atoms with Crippen LogP contribution in [0.1, 0.15) is 37.0 Å². The molecule has 2 amide bonds. The number of carbonyl (C=O) groups is 2. The van der Waals surface area contributed by atoms with Crippen molar-refractivity contribution in [1.29, 1.82) is 0 Å². The second-order valence-corrected chi connectivity index (χ2v) is 5.07. The highest BCUT2D eigenvalue weighted by Gasteiger charge is 2.33. The molecule has 0 bridgehead atoms. The Morgan fingerprint density at radius 3 is 2.43 bits per heavy atom. The third-order valence-corrected chi connectivity index (χ3v) is 2.96. The molecule has 23 heavy (non-hydrogen) atoms. The van der Waals surface area contributed by atoms with E-state index in [9.17, 15) is 27.2 Å². The van der Waals surface area contributed by atoms with Crippen LogP contribution in [0.5, 0.6) is 0 Å². The minimum absolute atomic E-state index is 0.126. The lowest BCUT2D eigenvalue weighted by atomic mass is 10.1. The van der Waals surface area contributed by atoms with Crippen molar-refractivity contribution in [2.24, 2.45) is 0 Å². The van der Waals surface area contributed by atoms with Gasteiger partial charge in [-0.15, -0.1) is 0 Å². The maximum Gasteiger partial charge on any atom is 0.406 e. The number of amides is 2. The number of nitrogens with zero attached hydrogens (tertiary/aromatic N) is 1. The first kappa shape index (κ1) is 18.9. The van der Waals surface area contributed by atoms with E-state index in [1.807, 2.05) is 0 Å². The van der Waals surface area contributed by atoms with Crippen molar-refractivity contribution in [3.05, 3.63) is 29.6 Å². The molecule has 1 aromatic rings. The maximum absolute atomic E-state index is 13.8. The Morgan fingerprint density at radius 2 is 1.91 bits per heavy atom. The number of benzene rings is 1. The van der Waals surface area contributed by atoms with Gasteiger partial charge in [0.05, 0.1) is 5.56 Å². The summed E-state index contributed by atoms with van der Waals surface area (Å²) in [5.41, 5.74) is -0.360. The Labute approximate surface area is 131 Å². The van der Waals surface area contributed by atoms with Gasteiger partial charge in [0.2, 0.25) is 5.91 Å². The van der Waals surface area contributed by atoms with Gasteiger partial charge in [0.25, 0.3) is 5.91 Å². The highest BCUT2D eigenvalue weighted by Crippen LogP contribution is 2.21. The molecular weight excluding hydrogens is 316 g/mol. The lowest BCUT2D eigenvalue weighted by Gasteiger charge is -2.24. The summed E-state index contributed by atoms with van der Waals surface area (Å²) < 4.78 is 51.7. The van der Waals surface area contributed by atoms with Crippen LogP contribution >= 0.6 is 0 Å². The summed E-state index contributed by atoms with van der Waals surface area (Å²) in [6.07, 6.45) is -3.61. The summed E-state index contributed by atoms with van der Waals surface area (Å²) in [5, 5.41) is 2.36. The highest BCUT2D eigenvalue weighted by molar-refractivity contribution is 5.97. The van der Waals surface area contributed by atoms with Crippen molar-refractivity contribution in [3.63, 3.8) is 0 Å². The van der Waals surface area contributed by atoms with Crippen LogP contribution in [-0.2, 0) is 4.79 Å². The molecule has 0 atom stereocenters. The molecule has 0 aliphatic heterocycles. The molecule has 4 nitrogen and oxygen atoms in total. The molecule has 128 valence electrons. The number of anilines is 1. The standard InChI is InChI=1S/C15H18F4N2O2/c1-3-4-7-21(9-15(17,18)19)14(23)12-8-11(20-10(2)22)5-6-13(12)16/h5-6,8H,3-4,7,9H2,1-2H3,(H,20,22). The minimum atomic E-state index is -4.57. The van der Waals surface area contributed by atoms with Crippen molar-refractivity contribution in [3.8, 4) is 0 Å². The van der Waals surface area contributed by atoms with E-state index < -0.39 is 35.9 Å². The van der Waals surface area contributed by atoms with Crippen LogP contribution in [-0.4, -0.2) is 36.0 Å². The first-order valence-corrected chi connectivity index (χ1v) is 7.07. The Hall–Kier alpha value is -2.12. The number of hydrogen-bond acceptors (Lipinski definition) is 2. The molecular formula is C15H18F4N2O2. The van der Waals surface area contributed by atoms with Gasteiger partial charge in [0, 0.05) is 19.2 Å². The van der Waals surface area contributed by atoms with E-state index in [0.717, 1.165) is 12.1 Å². The first-order chi connectivity index (χ1) is 10.6. The third kappa shape index (κ3) is 6.25. The van der Waals surface area contributed by atoms with Gasteiger partial charge in [0.1, 0.15) is 12.4 Å². The zero-order valence-electron chi connectivity index (χ0n) is 12.8. The molecule has 0 saturated carbocycles. The fourth-order valence-electron chi connectivity index (χ4n) is 1.96. The molecule has 8 heteroatoms. The topological polar surface area (TPSA) is 49.4 Å². The van der Waals surface area contributed by atoms with Crippen LogP contribution in [0, 0.1) is 5.82 Å². The van der Waals surface area contributed by atoms with Crippen LogP contribution in [0.2, 0.25) is 0 Å². The second-order valence-electron chi connectivity index (χ2n) is 5.07. The number of rotatable bonds is 6. The molecule has 0 aliphatic carbocycles. The van der Waals surface area contributed by atoms with Crippen molar-refractivity contribution in [2.45, 2.75) is 32.9 Å². The summed E-state index contributed by atoms with van der Waals surface area (Å²) in [6.45, 7) is 1.42. The molecule has 1 aromatic carbocycles. The summed E-state index contributed by atoms with van der Waals surface area (Å²) >= 11 is 0. The number of alkyl halides is 3. The Kier molecular flexibility index (Phi) is 6.53. The Bertz CT molecular complexity index is 573. The molecule has 0 saturated heterocycles. The van der Waals surface area contributed by atoms with E-state index in [2.05, 4.69) is 5.32 Å². The van der Waals surface area contributed by atoms with Crippen LogP contribution < -0.4 is 5.32 Å². The van der Waals surface area contributed by atoms with Crippen LogP contribution in [0.3, 0.4) is 0 Å². The summed E-state index contributed by atoms with van der Waals surface area (Å²) in [7, 11) is 0. The lowest BCUT2D eigenvalue weighted by Crippen LogP contribution is -2.40. The average Bonchev–Trinajstić information content (AvgIpc) is 2.43. The molecule has 0 heterocycles. The van der Waals surface area contributed by atoms with Gasteiger partial charge in [-0.3, -0.25) is 9.59 Å². The van der Waals surface area contributed by atoms with E-state index in [1.165, 1.54) is 13.0 Å². The van der Waals surface area contributed by atoms with Gasteiger partial charge in [-0.2, -0.15) is 13.2 Å². The maximum atomic E-state index is 13.8. The summed E-state index contributed by atoms with van der Waals surface area (Å²) in [6, 6.07) is 3.20. The lowest BCUT2D eigenvalue weighted by molar-refractivity contribution is -0.140. The smallest absolute Gasteiger partial charge is 0.329 e. The zero-order chi connectivity index (χ0) is 17.6. The van der Waals surface area contributed by atoms with Crippen LogP contribution in [0.25, 0.3) is 0 Å². The molecule has 0 spiro atoms. The Balaban J connectivity index is 3.08. The number of unbranched alkanes of at least 4 members (excludes halogenated alkanes) is 1. The monoisotopic (exact) mass is 334 g/mol. The largest absolute Gasteiger partial charge is 0.406 e. The molecule has 0 radical (unpaired) electrons. The van der Waals surface area contributed by atoms with Gasteiger partial charge in [-0.25, -0.2) is 4.39 Å². The van der Waals surface area contributed by atoms with Crippen molar-refractivity contribution >= 4 is 17.5 Å². The highest BCUT2D eigenvalue weighted by atomic mass is 19.4. The van der Waals surface area contributed by atoms with E-state index >= 15 is 0 Å². The first-order valence-electron chi connectivity index (χ1n) is 7.07. The third-order valence-electron chi connectivity index (χ3n) is 2.96. The summed E-state index contributed by atoms with van der Waals surface area (Å²) in [5.74, 6) is -2.43. The van der Waals surface area contributed by atoms with Gasteiger partial charge in [-0.05, 0) is 24.6 Å². The van der Waals surface area contributed by atoms with Crippen LogP contribution in [0.15, 0.2) is 18.2 Å². The fourth-order valence-corrected chi connectivity index (χ4v) is 1.96. The molecule has 1 rings (SSSR count). The van der Waals surface area contributed by atoms with E-state index in [4.69, 9.17) is 0 Å². The zero-order valence-corrected chi connectivity index (χ0v) is 12.8. The van der Waals surface area contributed by atoms with Crippen LogP contribution in [0.4, 0.5) is 23.2 Å². The predicted molar refractivity (Wildman–Crippen MR) is 77.6 cm³/mol. The second kappa shape index (κ2) is 7.94. The van der Waals surface area contributed by atoms with Gasteiger partial charge in [-0.1, -0.05) is 13.3 Å². The fraction of sp³-hybridized carbons (Fsp3) is 0.467. The van der Waals surface area contributed by atoms with Crippen molar-refractivity contribution < 1.29 is 27.2 Å². The molecule has 1 N–H and O–H groups in total. The van der Waals surface area contributed by atoms with Gasteiger partial charge >= 0.3 is 6.18 Å². The van der Waals surface area contributed by atoms with E-state index in [-0.39, 0.29) is 12.2 Å². The average molecular weight is 334 g/mol. The number of halogens is 4. The SMILES string of the molecule is CCCCN(CC(F)(F)F)C(=O)c1cc(NC(C)=O)ccc1F. The molecule has 0 aromatic heterocycles. The molecule has 0 fully saturated rings. The number of carbonyl (C=O) groups excluding carboxylic acids is 2. The van der Waals surface area contributed by atoms with Gasteiger partial charge in [0.15, 0.2) is 0 Å². The summed E-state index contributed by atoms with van der Waals surface area (Å²) in [4.78, 5) is 23.8. The van der Waals surface area contributed by atoms with Crippen molar-refractivity contribution in [1.82, 2.24) is 4.90 Å². The predicted octanol–water partition coefficient (Wildman–Crippen LogP) is 3.59. The molecule has 0 aliphatic rings. The molecule has 0 unspecified atom stereocenters. The van der Waals surface area contributed by atoms with E-state index in [0.29, 0.717) is 17.7 Å². The minimum Gasteiger partial charge on any atom is -0.329 e. The number of hydrogen-bond donors (Lipinski definition) is 1. The quantitative estimate of drug-likeness (QED) is 0.808.